The van der Waals surface area contributed by atoms with E-state index in [-0.39, 0.29) is 11.3 Å². The number of nitrogens with zero attached hydrogens (tertiary/aromatic N) is 5. The van der Waals surface area contributed by atoms with Crippen molar-refractivity contribution < 1.29 is 4.57 Å². The summed E-state index contributed by atoms with van der Waals surface area (Å²) in [4.78, 5) is 35.0. The Balaban J connectivity index is 1.81. The zero-order valence-electron chi connectivity index (χ0n) is 18.3. The smallest absolute Gasteiger partial charge is 0.322 e. The van der Waals surface area contributed by atoms with E-state index in [9.17, 15) is 9.59 Å². The van der Waals surface area contributed by atoms with Gasteiger partial charge in [-0.3, -0.25) is 9.36 Å². The van der Waals surface area contributed by atoms with E-state index in [1.807, 2.05) is 52.7 Å². The largest absolute Gasteiger partial charge is 0.352 e. The molecule has 0 spiro atoms. The van der Waals surface area contributed by atoms with E-state index in [1.165, 1.54) is 4.57 Å². The van der Waals surface area contributed by atoms with Crippen LogP contribution < -0.4 is 15.8 Å². The fourth-order valence-electron chi connectivity index (χ4n) is 3.86. The second-order valence-corrected chi connectivity index (χ2v) is 8.03. The molecule has 2 aliphatic heterocycles. The number of fused-ring (bicyclic) bond motifs is 2. The van der Waals surface area contributed by atoms with Crippen LogP contribution in [0.4, 0.5) is 0 Å². The molecule has 0 amide bonds. The van der Waals surface area contributed by atoms with Gasteiger partial charge in [0, 0.05) is 31.6 Å². The van der Waals surface area contributed by atoms with Gasteiger partial charge >= 0.3 is 5.69 Å². The molecule has 2 aliphatic rings. The van der Waals surface area contributed by atoms with Crippen LogP contribution in [0.3, 0.4) is 0 Å². The van der Waals surface area contributed by atoms with Crippen molar-refractivity contribution >= 4 is 11.0 Å². The molecule has 0 unspecified atom stereocenters. The summed E-state index contributed by atoms with van der Waals surface area (Å²) < 4.78 is 5.23. The first-order chi connectivity index (χ1) is 15.0. The summed E-state index contributed by atoms with van der Waals surface area (Å²) in [5.41, 5.74) is 3.33. The number of benzene rings is 1. The lowest BCUT2D eigenvalue weighted by atomic mass is 10.1. The Bertz CT molecular complexity index is 1310. The van der Waals surface area contributed by atoms with E-state index in [2.05, 4.69) is 29.9 Å². The lowest BCUT2D eigenvalue weighted by molar-refractivity contribution is -0.697. The van der Waals surface area contributed by atoms with Gasteiger partial charge in [-0.1, -0.05) is 19.4 Å². The Morgan fingerprint density at radius 1 is 0.903 bits per heavy atom. The first kappa shape index (κ1) is 20.9. The van der Waals surface area contributed by atoms with Gasteiger partial charge in [0.15, 0.2) is 23.9 Å². The second-order valence-electron chi connectivity index (χ2n) is 8.03. The molecule has 0 saturated carbocycles. The van der Waals surface area contributed by atoms with Crippen LogP contribution in [0.15, 0.2) is 52.3 Å². The molecule has 7 nitrogen and oxygen atoms in total. The Morgan fingerprint density at radius 2 is 1.61 bits per heavy atom. The standard InChI is InChI=1S/C24H28N5O2/c1-4-5-13-28-20-16-18(3)17(2)15-19(20)25-21-22(28)26-24(31)29(23(21)30)14-9-12-27-10-7-6-8-11-27/h6-8,10-11,15-16H,4-5,9,12-14H2,1-3H3/q+1. The molecule has 4 rings (SSSR count). The van der Waals surface area contributed by atoms with E-state index < -0.39 is 5.69 Å². The van der Waals surface area contributed by atoms with E-state index >= 15 is 0 Å². The Labute approximate surface area is 181 Å². The summed E-state index contributed by atoms with van der Waals surface area (Å²) in [6.45, 7) is 7.92. The van der Waals surface area contributed by atoms with E-state index in [0.29, 0.717) is 31.9 Å². The quantitative estimate of drug-likeness (QED) is 0.342. The topological polar surface area (TPSA) is 73.7 Å². The van der Waals surface area contributed by atoms with E-state index in [4.69, 9.17) is 0 Å². The molecule has 7 heteroatoms. The zero-order valence-corrected chi connectivity index (χ0v) is 18.3. The molecule has 0 atom stereocenters. The molecule has 0 aliphatic carbocycles. The predicted octanol–water partition coefficient (Wildman–Crippen LogP) is 2.85. The maximum atomic E-state index is 13.3. The van der Waals surface area contributed by atoms with Gasteiger partial charge in [0.05, 0.1) is 11.0 Å². The molecule has 0 N–H and O–H groups in total. The summed E-state index contributed by atoms with van der Waals surface area (Å²) in [7, 11) is 0. The SMILES string of the molecule is CCCCn1c2nc(=O)n(CCC[n+]3ccccc3)c(=O)c-2nc2cc(C)c(C)cc21. The van der Waals surface area contributed by atoms with Crippen LogP contribution in [0.25, 0.3) is 22.6 Å². The Hall–Kier alpha value is -3.35. The van der Waals surface area contributed by atoms with Crippen molar-refractivity contribution in [3.63, 3.8) is 0 Å². The average molecular weight is 419 g/mol. The maximum absolute atomic E-state index is 13.3. The lowest BCUT2D eigenvalue weighted by Crippen LogP contribution is -2.40. The minimum atomic E-state index is -0.509. The molecule has 31 heavy (non-hydrogen) atoms. The summed E-state index contributed by atoms with van der Waals surface area (Å²) in [5, 5.41) is 0. The highest BCUT2D eigenvalue weighted by Gasteiger charge is 2.21. The van der Waals surface area contributed by atoms with Gasteiger partial charge in [-0.05, 0) is 43.5 Å². The van der Waals surface area contributed by atoms with Gasteiger partial charge in [-0.2, -0.15) is 4.98 Å². The predicted molar refractivity (Wildman–Crippen MR) is 120 cm³/mol. The van der Waals surface area contributed by atoms with E-state index in [0.717, 1.165) is 35.0 Å². The highest BCUT2D eigenvalue weighted by Crippen LogP contribution is 2.24. The van der Waals surface area contributed by atoms with Crippen LogP contribution in [0.1, 0.15) is 37.3 Å². The number of aryl methyl sites for hydroxylation is 4. The summed E-state index contributed by atoms with van der Waals surface area (Å²) >= 11 is 0. The van der Waals surface area contributed by atoms with Crippen LogP contribution in [-0.2, 0) is 19.6 Å². The van der Waals surface area contributed by atoms with Crippen molar-refractivity contribution in [2.24, 2.45) is 0 Å². The number of aromatic nitrogens is 5. The summed E-state index contributed by atoms with van der Waals surface area (Å²) in [5.74, 6) is 0.382. The first-order valence-electron chi connectivity index (χ1n) is 10.9. The third-order valence-electron chi connectivity index (χ3n) is 5.77. The average Bonchev–Trinajstić information content (AvgIpc) is 2.76. The maximum Gasteiger partial charge on any atom is 0.352 e. The minimum Gasteiger partial charge on any atom is -0.322 e. The zero-order chi connectivity index (χ0) is 22.0. The minimum absolute atomic E-state index is 0.263. The van der Waals surface area contributed by atoms with Gasteiger partial charge in [0.1, 0.15) is 6.54 Å². The van der Waals surface area contributed by atoms with Crippen LogP contribution in [0.5, 0.6) is 0 Å². The molecule has 1 aromatic heterocycles. The molecule has 3 heterocycles. The second kappa shape index (κ2) is 8.79. The number of hydrogen-bond donors (Lipinski definition) is 0. The van der Waals surface area contributed by atoms with Crippen LogP contribution in [0, 0.1) is 13.8 Å². The van der Waals surface area contributed by atoms with Crippen molar-refractivity contribution in [2.75, 3.05) is 0 Å². The monoisotopic (exact) mass is 418 g/mol. The van der Waals surface area contributed by atoms with Crippen molar-refractivity contribution in [2.45, 2.75) is 59.7 Å². The molecular weight excluding hydrogens is 390 g/mol. The third kappa shape index (κ3) is 4.13. The molecule has 0 bridgehead atoms. The summed E-state index contributed by atoms with van der Waals surface area (Å²) in [6.07, 6.45) is 6.52. The summed E-state index contributed by atoms with van der Waals surface area (Å²) in [6, 6.07) is 9.94. The van der Waals surface area contributed by atoms with Crippen LogP contribution >= 0.6 is 0 Å². The highest BCUT2D eigenvalue weighted by atomic mass is 16.2. The van der Waals surface area contributed by atoms with Crippen LogP contribution in [-0.4, -0.2) is 19.1 Å². The van der Waals surface area contributed by atoms with Gasteiger partial charge in [0.25, 0.3) is 5.56 Å². The van der Waals surface area contributed by atoms with Gasteiger partial charge in [-0.25, -0.2) is 14.3 Å². The fraction of sp³-hybridized carbons (Fsp3) is 0.375. The number of pyridine rings is 1. The van der Waals surface area contributed by atoms with Crippen LogP contribution in [0.2, 0.25) is 0 Å². The molecule has 160 valence electrons. The fourth-order valence-corrected chi connectivity index (χ4v) is 3.86. The molecule has 0 saturated heterocycles. The van der Waals surface area contributed by atoms with Gasteiger partial charge in [-0.15, -0.1) is 0 Å². The first-order valence-corrected chi connectivity index (χ1v) is 10.9. The lowest BCUT2D eigenvalue weighted by Gasteiger charge is -2.18. The van der Waals surface area contributed by atoms with Gasteiger partial charge in [0.2, 0.25) is 0 Å². The van der Waals surface area contributed by atoms with Crippen molar-refractivity contribution in [3.8, 4) is 11.5 Å². The molecule has 1 aromatic carbocycles. The third-order valence-corrected chi connectivity index (χ3v) is 5.77. The molecule has 0 radical (unpaired) electrons. The normalized spacial score (nSPS) is 11.5. The van der Waals surface area contributed by atoms with Crippen molar-refractivity contribution in [1.82, 2.24) is 19.1 Å². The number of hydrogen-bond acceptors (Lipinski definition) is 4. The molecule has 2 aromatic rings. The molecular formula is C24H28N5O2+. The van der Waals surface area contributed by atoms with Crippen molar-refractivity contribution in [1.29, 1.82) is 0 Å². The number of rotatable bonds is 7. The highest BCUT2D eigenvalue weighted by molar-refractivity contribution is 5.81. The van der Waals surface area contributed by atoms with Crippen molar-refractivity contribution in [3.05, 3.63) is 74.7 Å². The van der Waals surface area contributed by atoms with E-state index in [1.54, 1.807) is 0 Å². The molecule has 0 fully saturated rings. The Morgan fingerprint density at radius 3 is 2.35 bits per heavy atom. The number of unbranched alkanes of at least 4 members (excludes halogenated alkanes) is 1. The Kier molecular flexibility index (Phi) is 5.93. The van der Waals surface area contributed by atoms with Gasteiger partial charge < -0.3 is 4.57 Å².